The van der Waals surface area contributed by atoms with E-state index in [-0.39, 0.29) is 5.91 Å². The Kier molecular flexibility index (Phi) is 3.24. The Hall–Kier alpha value is -2.21. The van der Waals surface area contributed by atoms with Crippen molar-refractivity contribution < 1.29 is 4.79 Å². The zero-order chi connectivity index (χ0) is 13.1. The van der Waals surface area contributed by atoms with Crippen LogP contribution in [-0.4, -0.2) is 33.8 Å². The Labute approximate surface area is 110 Å². The second kappa shape index (κ2) is 5.19. The lowest BCUT2D eigenvalue weighted by molar-refractivity contribution is -0.117. The fraction of sp³-hybridized carbons (Fsp3) is 0.308. The molecule has 0 spiro atoms. The molecule has 0 atom stereocenters. The summed E-state index contributed by atoms with van der Waals surface area (Å²) < 4.78 is 1.80. The van der Waals surface area contributed by atoms with E-state index in [1.165, 1.54) is 0 Å². The third-order valence-electron chi connectivity index (χ3n) is 3.19. The molecule has 1 aliphatic heterocycles. The van der Waals surface area contributed by atoms with Crippen LogP contribution in [0, 0.1) is 5.92 Å². The predicted molar refractivity (Wildman–Crippen MR) is 71.0 cm³/mol. The number of anilines is 1. The monoisotopic (exact) mass is 257 g/mol. The van der Waals surface area contributed by atoms with Crippen LogP contribution in [0.2, 0.25) is 0 Å². The minimum Gasteiger partial charge on any atom is -0.326 e. The minimum absolute atomic E-state index is 0.0624. The number of rotatable bonds is 4. The van der Waals surface area contributed by atoms with Gasteiger partial charge in [-0.3, -0.25) is 9.36 Å². The average Bonchev–Trinajstić information content (AvgIpc) is 2.88. The van der Waals surface area contributed by atoms with E-state index in [1.54, 1.807) is 17.2 Å². The van der Waals surface area contributed by atoms with Crippen LogP contribution in [0.4, 0.5) is 5.69 Å². The molecule has 1 aliphatic rings. The second-order valence-electron chi connectivity index (χ2n) is 4.70. The quantitative estimate of drug-likeness (QED) is 0.850. The Morgan fingerprint density at radius 1 is 1.37 bits per heavy atom. The highest BCUT2D eigenvalue weighted by Gasteiger charge is 2.20. The van der Waals surface area contributed by atoms with Crippen molar-refractivity contribution in [3.8, 4) is 5.69 Å². The zero-order valence-corrected chi connectivity index (χ0v) is 10.4. The number of nitrogens with one attached hydrogen (secondary N) is 2. The van der Waals surface area contributed by atoms with Gasteiger partial charge in [-0.05, 0) is 37.2 Å². The summed E-state index contributed by atoms with van der Waals surface area (Å²) >= 11 is 0. The number of carbonyl (C=O) groups excluding carboxylic acids is 1. The van der Waals surface area contributed by atoms with Crippen LogP contribution in [0.15, 0.2) is 36.9 Å². The van der Waals surface area contributed by atoms with Crippen LogP contribution in [0.1, 0.15) is 6.42 Å². The van der Waals surface area contributed by atoms with Crippen LogP contribution < -0.4 is 10.6 Å². The van der Waals surface area contributed by atoms with Crippen molar-refractivity contribution in [2.24, 2.45) is 5.92 Å². The van der Waals surface area contributed by atoms with Gasteiger partial charge in [0.1, 0.15) is 12.7 Å². The summed E-state index contributed by atoms with van der Waals surface area (Å²) in [6.45, 7) is 1.88. The Balaban J connectivity index is 1.67. The molecular formula is C13H15N5O. The van der Waals surface area contributed by atoms with Crippen molar-refractivity contribution in [2.75, 3.05) is 18.4 Å². The first-order valence-corrected chi connectivity index (χ1v) is 6.27. The Morgan fingerprint density at radius 2 is 2.16 bits per heavy atom. The fourth-order valence-corrected chi connectivity index (χ4v) is 2.05. The molecule has 6 nitrogen and oxygen atoms in total. The van der Waals surface area contributed by atoms with Gasteiger partial charge in [0.2, 0.25) is 5.91 Å². The molecule has 0 bridgehead atoms. The SMILES string of the molecule is O=C(CC1CNC1)Nc1cccc(-n2cnnc2)c1. The lowest BCUT2D eigenvalue weighted by Gasteiger charge is -2.26. The van der Waals surface area contributed by atoms with E-state index < -0.39 is 0 Å². The summed E-state index contributed by atoms with van der Waals surface area (Å²) in [6.07, 6.45) is 3.83. The number of benzene rings is 1. The number of nitrogens with zero attached hydrogens (tertiary/aromatic N) is 3. The molecule has 2 N–H and O–H groups in total. The highest BCUT2D eigenvalue weighted by Crippen LogP contribution is 2.15. The highest BCUT2D eigenvalue weighted by atomic mass is 16.1. The van der Waals surface area contributed by atoms with Gasteiger partial charge in [-0.2, -0.15) is 0 Å². The van der Waals surface area contributed by atoms with E-state index in [4.69, 9.17) is 0 Å². The molecular weight excluding hydrogens is 242 g/mol. The summed E-state index contributed by atoms with van der Waals surface area (Å²) in [5, 5.41) is 13.6. The maximum absolute atomic E-state index is 11.8. The smallest absolute Gasteiger partial charge is 0.224 e. The van der Waals surface area contributed by atoms with E-state index in [1.807, 2.05) is 24.3 Å². The molecule has 2 aromatic rings. The van der Waals surface area contributed by atoms with Gasteiger partial charge < -0.3 is 10.6 Å². The first-order valence-electron chi connectivity index (χ1n) is 6.27. The molecule has 1 aromatic carbocycles. The van der Waals surface area contributed by atoms with Gasteiger partial charge in [0.25, 0.3) is 0 Å². The molecule has 1 amide bonds. The van der Waals surface area contributed by atoms with Crippen LogP contribution in [0.25, 0.3) is 5.69 Å². The fourth-order valence-electron chi connectivity index (χ4n) is 2.05. The number of carbonyl (C=O) groups is 1. The highest BCUT2D eigenvalue weighted by molar-refractivity contribution is 5.91. The summed E-state index contributed by atoms with van der Waals surface area (Å²) in [4.78, 5) is 11.8. The molecule has 1 fully saturated rings. The topological polar surface area (TPSA) is 71.8 Å². The van der Waals surface area contributed by atoms with E-state index in [0.717, 1.165) is 24.5 Å². The van der Waals surface area contributed by atoms with Crippen molar-refractivity contribution >= 4 is 11.6 Å². The third kappa shape index (κ3) is 2.79. The molecule has 3 rings (SSSR count). The average molecular weight is 257 g/mol. The molecule has 0 radical (unpaired) electrons. The summed E-state index contributed by atoms with van der Waals surface area (Å²) in [6, 6.07) is 7.62. The minimum atomic E-state index is 0.0624. The lowest BCUT2D eigenvalue weighted by Crippen LogP contribution is -2.43. The third-order valence-corrected chi connectivity index (χ3v) is 3.19. The molecule has 98 valence electrons. The second-order valence-corrected chi connectivity index (χ2v) is 4.70. The predicted octanol–water partition coefficient (Wildman–Crippen LogP) is 0.815. The Morgan fingerprint density at radius 3 is 2.84 bits per heavy atom. The van der Waals surface area contributed by atoms with Crippen LogP contribution in [-0.2, 0) is 4.79 Å². The number of hydrogen-bond donors (Lipinski definition) is 2. The van der Waals surface area contributed by atoms with Gasteiger partial charge in [0, 0.05) is 12.1 Å². The van der Waals surface area contributed by atoms with Crippen LogP contribution >= 0.6 is 0 Å². The van der Waals surface area contributed by atoms with Gasteiger partial charge in [0.15, 0.2) is 0 Å². The normalized spacial score (nSPS) is 14.9. The van der Waals surface area contributed by atoms with Gasteiger partial charge in [-0.25, -0.2) is 0 Å². The van der Waals surface area contributed by atoms with Crippen molar-refractivity contribution in [1.29, 1.82) is 0 Å². The van der Waals surface area contributed by atoms with E-state index in [9.17, 15) is 4.79 Å². The van der Waals surface area contributed by atoms with Crippen molar-refractivity contribution in [3.05, 3.63) is 36.9 Å². The molecule has 0 unspecified atom stereocenters. The standard InChI is InChI=1S/C13H15N5O/c19-13(4-10-6-14-7-10)17-11-2-1-3-12(5-11)18-8-15-16-9-18/h1-3,5,8-10,14H,4,6-7H2,(H,17,19). The first-order chi connectivity index (χ1) is 9.31. The summed E-state index contributed by atoms with van der Waals surface area (Å²) in [5.74, 6) is 0.536. The zero-order valence-electron chi connectivity index (χ0n) is 10.4. The van der Waals surface area contributed by atoms with Gasteiger partial charge in [-0.15, -0.1) is 10.2 Å². The van der Waals surface area contributed by atoms with E-state index >= 15 is 0 Å². The number of amides is 1. The van der Waals surface area contributed by atoms with E-state index in [2.05, 4.69) is 20.8 Å². The lowest BCUT2D eigenvalue weighted by atomic mass is 9.99. The van der Waals surface area contributed by atoms with Gasteiger partial charge in [0.05, 0.1) is 5.69 Å². The molecule has 1 saturated heterocycles. The maximum Gasteiger partial charge on any atom is 0.224 e. The number of aromatic nitrogens is 3. The van der Waals surface area contributed by atoms with Gasteiger partial charge >= 0.3 is 0 Å². The van der Waals surface area contributed by atoms with Crippen LogP contribution in [0.3, 0.4) is 0 Å². The van der Waals surface area contributed by atoms with Crippen molar-refractivity contribution in [2.45, 2.75) is 6.42 Å². The Bertz CT molecular complexity index is 562. The largest absolute Gasteiger partial charge is 0.326 e. The number of hydrogen-bond acceptors (Lipinski definition) is 4. The van der Waals surface area contributed by atoms with Crippen LogP contribution in [0.5, 0.6) is 0 Å². The molecule has 19 heavy (non-hydrogen) atoms. The molecule has 0 saturated carbocycles. The maximum atomic E-state index is 11.8. The summed E-state index contributed by atoms with van der Waals surface area (Å²) in [5.41, 5.74) is 1.72. The van der Waals surface area contributed by atoms with E-state index in [0.29, 0.717) is 12.3 Å². The molecule has 2 heterocycles. The van der Waals surface area contributed by atoms with Crippen molar-refractivity contribution in [3.63, 3.8) is 0 Å². The van der Waals surface area contributed by atoms with Crippen molar-refractivity contribution in [1.82, 2.24) is 20.1 Å². The van der Waals surface area contributed by atoms with Gasteiger partial charge in [-0.1, -0.05) is 6.07 Å². The first kappa shape index (κ1) is 11.9. The molecule has 0 aliphatic carbocycles. The molecule has 1 aromatic heterocycles. The summed E-state index contributed by atoms with van der Waals surface area (Å²) in [7, 11) is 0. The molecule has 6 heteroatoms.